The van der Waals surface area contributed by atoms with Crippen molar-refractivity contribution < 1.29 is 14.6 Å². The lowest BCUT2D eigenvalue weighted by Gasteiger charge is -2.18. The summed E-state index contributed by atoms with van der Waals surface area (Å²) in [4.78, 5) is 12.1. The molecule has 0 amide bonds. The van der Waals surface area contributed by atoms with E-state index in [9.17, 15) is 4.79 Å². The van der Waals surface area contributed by atoms with Crippen molar-refractivity contribution in [2.45, 2.75) is 0 Å². The van der Waals surface area contributed by atoms with Gasteiger partial charge in [0.1, 0.15) is 12.3 Å². The van der Waals surface area contributed by atoms with Crippen LogP contribution in [-0.2, 0) is 4.79 Å². The van der Waals surface area contributed by atoms with E-state index in [1.807, 2.05) is 0 Å². The minimum atomic E-state index is -0.890. The number of rotatable bonds is 4. The number of hydrogen-bond donors (Lipinski definition) is 2. The van der Waals surface area contributed by atoms with Crippen molar-refractivity contribution in [3.05, 3.63) is 18.2 Å². The number of carbonyl (C=O) groups is 1. The summed E-state index contributed by atoms with van der Waals surface area (Å²) in [7, 11) is 3.22. The van der Waals surface area contributed by atoms with Gasteiger partial charge in [-0.2, -0.15) is 0 Å². The molecule has 1 rings (SSSR count). The zero-order chi connectivity index (χ0) is 11.4. The van der Waals surface area contributed by atoms with Crippen LogP contribution in [0.4, 0.5) is 11.4 Å². The van der Waals surface area contributed by atoms with Crippen LogP contribution in [-0.4, -0.2) is 31.8 Å². The van der Waals surface area contributed by atoms with Gasteiger partial charge in [-0.05, 0) is 6.07 Å². The third-order valence-corrected chi connectivity index (χ3v) is 1.96. The van der Waals surface area contributed by atoms with Crippen LogP contribution in [0.25, 0.3) is 0 Å². The minimum Gasteiger partial charge on any atom is -0.497 e. The summed E-state index contributed by atoms with van der Waals surface area (Å²) in [6.45, 7) is -0.0768. The number of benzene rings is 1. The number of methoxy groups -OCH3 is 1. The Morgan fingerprint density at radius 2 is 2.20 bits per heavy atom. The highest BCUT2D eigenvalue weighted by Gasteiger charge is 2.07. The second-order valence-corrected chi connectivity index (χ2v) is 3.21. The Morgan fingerprint density at radius 3 is 2.73 bits per heavy atom. The molecule has 1 aromatic carbocycles. The Kier molecular flexibility index (Phi) is 3.38. The standard InChI is InChI=1S/C10H14N2O3/c1-12(6-10(13)14)8-3-7(11)4-9(5-8)15-2/h3-5H,6,11H2,1-2H3,(H,13,14). The highest BCUT2D eigenvalue weighted by atomic mass is 16.5. The number of carboxylic acid groups (broad SMARTS) is 1. The van der Waals surface area contributed by atoms with Crippen LogP contribution >= 0.6 is 0 Å². The van der Waals surface area contributed by atoms with Crippen molar-refractivity contribution >= 4 is 17.3 Å². The van der Waals surface area contributed by atoms with E-state index in [1.54, 1.807) is 30.1 Å². The number of hydrogen-bond acceptors (Lipinski definition) is 4. The fourth-order valence-electron chi connectivity index (χ4n) is 1.24. The Morgan fingerprint density at radius 1 is 1.53 bits per heavy atom. The van der Waals surface area contributed by atoms with E-state index in [-0.39, 0.29) is 6.54 Å². The number of anilines is 2. The third kappa shape index (κ3) is 3.05. The summed E-state index contributed by atoms with van der Waals surface area (Å²) in [6.07, 6.45) is 0. The molecule has 3 N–H and O–H groups in total. The summed E-state index contributed by atoms with van der Waals surface area (Å²) in [5.41, 5.74) is 6.91. The number of nitrogens with two attached hydrogens (primary N) is 1. The molecule has 1 aromatic rings. The van der Waals surface area contributed by atoms with Crippen LogP contribution in [0.2, 0.25) is 0 Å². The van der Waals surface area contributed by atoms with Crippen LogP contribution in [0.3, 0.4) is 0 Å². The number of ether oxygens (including phenoxy) is 1. The molecule has 5 nitrogen and oxygen atoms in total. The van der Waals surface area contributed by atoms with Crippen molar-refractivity contribution in [3.8, 4) is 5.75 Å². The predicted molar refractivity (Wildman–Crippen MR) is 58.3 cm³/mol. The number of carboxylic acids is 1. The first-order valence-electron chi connectivity index (χ1n) is 4.40. The molecule has 0 aromatic heterocycles. The summed E-state index contributed by atoms with van der Waals surface area (Å²) >= 11 is 0. The van der Waals surface area contributed by atoms with Gasteiger partial charge in [-0.15, -0.1) is 0 Å². The Balaban J connectivity index is 2.92. The van der Waals surface area contributed by atoms with Gasteiger partial charge in [-0.25, -0.2) is 0 Å². The van der Waals surface area contributed by atoms with Gasteiger partial charge in [0.05, 0.1) is 7.11 Å². The van der Waals surface area contributed by atoms with Crippen molar-refractivity contribution in [1.82, 2.24) is 0 Å². The van der Waals surface area contributed by atoms with Gasteiger partial charge in [0.2, 0.25) is 0 Å². The molecule has 0 aliphatic carbocycles. The van der Waals surface area contributed by atoms with Crippen LogP contribution in [0.1, 0.15) is 0 Å². The molecule has 0 fully saturated rings. The number of aliphatic carboxylic acids is 1. The monoisotopic (exact) mass is 210 g/mol. The average molecular weight is 210 g/mol. The van der Waals surface area contributed by atoms with Gasteiger partial charge in [0, 0.05) is 30.6 Å². The van der Waals surface area contributed by atoms with Crippen molar-refractivity contribution in [2.75, 3.05) is 31.3 Å². The zero-order valence-corrected chi connectivity index (χ0v) is 8.73. The molecule has 0 unspecified atom stereocenters. The summed E-state index contributed by atoms with van der Waals surface area (Å²) < 4.78 is 5.04. The lowest BCUT2D eigenvalue weighted by atomic mass is 10.2. The van der Waals surface area contributed by atoms with Crippen molar-refractivity contribution in [2.24, 2.45) is 0 Å². The van der Waals surface area contributed by atoms with Crippen LogP contribution < -0.4 is 15.4 Å². The van der Waals surface area contributed by atoms with Gasteiger partial charge >= 0.3 is 5.97 Å². The number of nitrogens with zero attached hydrogens (tertiary/aromatic N) is 1. The first-order chi connectivity index (χ1) is 7.02. The molecule has 82 valence electrons. The molecule has 0 heterocycles. The molecule has 0 saturated heterocycles. The Bertz CT molecular complexity index is 366. The van der Waals surface area contributed by atoms with E-state index in [0.717, 1.165) is 0 Å². The maximum atomic E-state index is 10.5. The van der Waals surface area contributed by atoms with Crippen LogP contribution in [0, 0.1) is 0 Å². The first kappa shape index (κ1) is 11.2. The number of nitrogen functional groups attached to an aromatic ring is 1. The van der Waals surface area contributed by atoms with E-state index in [4.69, 9.17) is 15.6 Å². The fourth-order valence-corrected chi connectivity index (χ4v) is 1.24. The zero-order valence-electron chi connectivity index (χ0n) is 8.73. The quantitative estimate of drug-likeness (QED) is 0.719. The van der Waals surface area contributed by atoms with Gasteiger partial charge < -0.3 is 20.5 Å². The molecular formula is C10H14N2O3. The lowest BCUT2D eigenvalue weighted by molar-refractivity contribution is -0.135. The topological polar surface area (TPSA) is 75.8 Å². The van der Waals surface area contributed by atoms with E-state index in [1.165, 1.54) is 7.11 Å². The molecule has 5 heteroatoms. The summed E-state index contributed by atoms with van der Waals surface area (Å²) in [5.74, 6) is -0.277. The highest BCUT2D eigenvalue weighted by molar-refractivity contribution is 5.74. The summed E-state index contributed by atoms with van der Waals surface area (Å²) in [5, 5.41) is 8.64. The maximum Gasteiger partial charge on any atom is 0.323 e. The van der Waals surface area contributed by atoms with Crippen LogP contribution in [0.5, 0.6) is 5.75 Å². The molecule has 0 radical (unpaired) electrons. The molecule has 0 aliphatic rings. The van der Waals surface area contributed by atoms with Crippen molar-refractivity contribution in [3.63, 3.8) is 0 Å². The second kappa shape index (κ2) is 4.54. The number of likely N-dealkylation sites (N-methyl/N-ethyl adjacent to an activating group) is 1. The van der Waals surface area contributed by atoms with E-state index >= 15 is 0 Å². The van der Waals surface area contributed by atoms with Crippen LogP contribution in [0.15, 0.2) is 18.2 Å². The van der Waals surface area contributed by atoms with Crippen molar-refractivity contribution in [1.29, 1.82) is 0 Å². The maximum absolute atomic E-state index is 10.5. The molecule has 15 heavy (non-hydrogen) atoms. The normalized spacial score (nSPS) is 9.73. The lowest BCUT2D eigenvalue weighted by Crippen LogP contribution is -2.25. The van der Waals surface area contributed by atoms with Gasteiger partial charge in [-0.1, -0.05) is 0 Å². The highest BCUT2D eigenvalue weighted by Crippen LogP contribution is 2.24. The smallest absolute Gasteiger partial charge is 0.323 e. The fraction of sp³-hybridized carbons (Fsp3) is 0.300. The minimum absolute atomic E-state index is 0.0768. The molecule has 0 atom stereocenters. The SMILES string of the molecule is COc1cc(N)cc(N(C)CC(=O)O)c1. The summed E-state index contributed by atoms with van der Waals surface area (Å²) in [6, 6.07) is 5.11. The first-order valence-corrected chi connectivity index (χ1v) is 4.40. The van der Waals surface area contributed by atoms with Gasteiger partial charge in [0.15, 0.2) is 0 Å². The predicted octanol–water partition coefficient (Wildman–Crippen LogP) is 0.798. The Labute approximate surface area is 88.1 Å². The molecule has 0 bridgehead atoms. The molecule has 0 saturated carbocycles. The molecular weight excluding hydrogens is 196 g/mol. The van der Waals surface area contributed by atoms with Gasteiger partial charge in [-0.3, -0.25) is 4.79 Å². The van der Waals surface area contributed by atoms with Gasteiger partial charge in [0.25, 0.3) is 0 Å². The molecule has 0 aliphatic heterocycles. The Hall–Kier alpha value is -1.91. The van der Waals surface area contributed by atoms with E-state index in [2.05, 4.69) is 0 Å². The average Bonchev–Trinajstić information content (AvgIpc) is 2.15. The second-order valence-electron chi connectivity index (χ2n) is 3.21. The molecule has 0 spiro atoms. The van der Waals surface area contributed by atoms with E-state index < -0.39 is 5.97 Å². The van der Waals surface area contributed by atoms with E-state index in [0.29, 0.717) is 17.1 Å². The largest absolute Gasteiger partial charge is 0.497 e. The third-order valence-electron chi connectivity index (χ3n) is 1.96.